The zero-order chi connectivity index (χ0) is 19.5. The molecule has 1 aliphatic carbocycles. The number of carbonyl (C=O) groups excluding carboxylic acids is 2. The molecule has 146 valence electrons. The third-order valence-corrected chi connectivity index (χ3v) is 5.93. The highest BCUT2D eigenvalue weighted by molar-refractivity contribution is 5.89. The Morgan fingerprint density at radius 2 is 2.08 bits per heavy atom. The fourth-order valence-electron chi connectivity index (χ4n) is 3.70. The minimum Gasteiger partial charge on any atom is -0.466 e. The van der Waals surface area contributed by atoms with E-state index in [4.69, 9.17) is 9.47 Å². The van der Waals surface area contributed by atoms with E-state index in [2.05, 4.69) is 13.5 Å². The average molecular weight is 364 g/mol. The Kier molecular flexibility index (Phi) is 6.46. The summed E-state index contributed by atoms with van der Waals surface area (Å²) in [6.07, 6.45) is 6.51. The standard InChI is InChI=1S/C21H32O5/c1-14-7-6-11-21(4)18(26-21)13-16(15(2)19(23)25-5)10-12-20(3,24)17(22)9-8-14/h8,16,18,24H,2,6-7,9-13H2,1,3-5H3/t16-,18+,20-,21+/m1/s1. The minimum atomic E-state index is -1.41. The maximum atomic E-state index is 12.4. The average Bonchev–Trinajstić information content (AvgIpc) is 3.23. The molecule has 1 saturated heterocycles. The summed E-state index contributed by atoms with van der Waals surface area (Å²) in [5.41, 5.74) is -0.0129. The third kappa shape index (κ3) is 5.04. The highest BCUT2D eigenvalue weighted by atomic mass is 16.6. The van der Waals surface area contributed by atoms with Gasteiger partial charge in [-0.3, -0.25) is 4.79 Å². The van der Waals surface area contributed by atoms with Crippen LogP contribution in [0.1, 0.15) is 65.7 Å². The predicted molar refractivity (Wildman–Crippen MR) is 99.6 cm³/mol. The number of ketones is 1. The van der Waals surface area contributed by atoms with Gasteiger partial charge in [-0.15, -0.1) is 0 Å². The van der Waals surface area contributed by atoms with E-state index in [1.807, 2.05) is 13.0 Å². The number of hydrogen-bond acceptors (Lipinski definition) is 5. The van der Waals surface area contributed by atoms with Gasteiger partial charge in [0.1, 0.15) is 5.60 Å². The van der Waals surface area contributed by atoms with Gasteiger partial charge in [0, 0.05) is 12.0 Å². The van der Waals surface area contributed by atoms with Crippen LogP contribution in [-0.4, -0.2) is 41.3 Å². The topological polar surface area (TPSA) is 76.1 Å². The zero-order valence-corrected chi connectivity index (χ0v) is 16.5. The second-order valence-corrected chi connectivity index (χ2v) is 8.21. The van der Waals surface area contributed by atoms with Crippen molar-refractivity contribution in [1.29, 1.82) is 0 Å². The number of epoxide rings is 1. The van der Waals surface area contributed by atoms with E-state index < -0.39 is 11.6 Å². The summed E-state index contributed by atoms with van der Waals surface area (Å²) in [6.45, 7) is 9.59. The van der Waals surface area contributed by atoms with Gasteiger partial charge in [0.05, 0.1) is 18.8 Å². The van der Waals surface area contributed by atoms with Crippen molar-refractivity contribution >= 4 is 11.8 Å². The number of allylic oxidation sites excluding steroid dienone is 2. The second kappa shape index (κ2) is 8.05. The van der Waals surface area contributed by atoms with E-state index in [0.717, 1.165) is 19.3 Å². The van der Waals surface area contributed by atoms with Gasteiger partial charge < -0.3 is 14.6 Å². The molecule has 2 rings (SSSR count). The van der Waals surface area contributed by atoms with Crippen LogP contribution in [0.4, 0.5) is 0 Å². The van der Waals surface area contributed by atoms with E-state index in [1.165, 1.54) is 12.7 Å². The Labute approximate surface area is 156 Å². The lowest BCUT2D eigenvalue weighted by atomic mass is 9.82. The van der Waals surface area contributed by atoms with E-state index in [-0.39, 0.29) is 36.2 Å². The SMILES string of the molecule is C=C(C(=O)OC)[C@@H]1CC[C@@](C)(O)C(=O)CC=C(C)CCC[C@]2(C)O[C@H]2C1. The highest BCUT2D eigenvalue weighted by Gasteiger charge is 2.52. The molecular weight excluding hydrogens is 332 g/mol. The minimum absolute atomic E-state index is 0.0711. The quantitative estimate of drug-likeness (QED) is 0.351. The lowest BCUT2D eigenvalue weighted by Crippen LogP contribution is -2.35. The number of aliphatic hydroxyl groups is 1. The van der Waals surface area contributed by atoms with Crippen LogP contribution in [0.25, 0.3) is 0 Å². The first-order valence-electron chi connectivity index (χ1n) is 9.45. The summed E-state index contributed by atoms with van der Waals surface area (Å²) in [7, 11) is 1.34. The molecule has 0 aromatic carbocycles. The van der Waals surface area contributed by atoms with Crippen LogP contribution in [0, 0.1) is 5.92 Å². The summed E-state index contributed by atoms with van der Waals surface area (Å²) in [5, 5.41) is 10.6. The summed E-state index contributed by atoms with van der Waals surface area (Å²) in [6, 6.07) is 0. The van der Waals surface area contributed by atoms with Crippen LogP contribution in [0.5, 0.6) is 0 Å². The van der Waals surface area contributed by atoms with Crippen LogP contribution < -0.4 is 0 Å². The van der Waals surface area contributed by atoms with E-state index in [0.29, 0.717) is 18.4 Å². The van der Waals surface area contributed by atoms with Gasteiger partial charge >= 0.3 is 5.97 Å². The highest BCUT2D eigenvalue weighted by Crippen LogP contribution is 2.46. The molecule has 5 heteroatoms. The lowest BCUT2D eigenvalue weighted by Gasteiger charge is -2.25. The van der Waals surface area contributed by atoms with Crippen LogP contribution in [-0.2, 0) is 19.1 Å². The van der Waals surface area contributed by atoms with Crippen molar-refractivity contribution in [1.82, 2.24) is 0 Å². The van der Waals surface area contributed by atoms with Gasteiger partial charge in [-0.2, -0.15) is 0 Å². The number of hydrogen-bond donors (Lipinski definition) is 1. The monoisotopic (exact) mass is 364 g/mol. The molecule has 0 saturated carbocycles. The predicted octanol–water partition coefficient (Wildman–Crippen LogP) is 3.50. The van der Waals surface area contributed by atoms with Gasteiger partial charge in [-0.1, -0.05) is 18.2 Å². The number of rotatable bonds is 2. The van der Waals surface area contributed by atoms with E-state index in [9.17, 15) is 14.7 Å². The smallest absolute Gasteiger partial charge is 0.333 e. The molecule has 2 aliphatic rings. The maximum Gasteiger partial charge on any atom is 0.333 e. The number of ether oxygens (including phenoxy) is 2. The van der Waals surface area contributed by atoms with Crippen LogP contribution in [0.2, 0.25) is 0 Å². The summed E-state index contributed by atoms with van der Waals surface area (Å²) < 4.78 is 10.8. The van der Waals surface area contributed by atoms with Gasteiger partial charge in [-0.25, -0.2) is 4.79 Å². The molecule has 1 N–H and O–H groups in total. The number of esters is 1. The lowest BCUT2D eigenvalue weighted by molar-refractivity contribution is -0.137. The number of Topliss-reactive ketones (excluding diaryl/α,β-unsaturated/α-hetero) is 1. The van der Waals surface area contributed by atoms with E-state index in [1.54, 1.807) is 6.92 Å². The van der Waals surface area contributed by atoms with Crippen molar-refractivity contribution in [3.8, 4) is 0 Å². The molecule has 26 heavy (non-hydrogen) atoms. The summed E-state index contributed by atoms with van der Waals surface area (Å²) >= 11 is 0. The van der Waals surface area contributed by atoms with Gasteiger partial charge in [0.25, 0.3) is 0 Å². The molecule has 5 nitrogen and oxygen atoms in total. The van der Waals surface area contributed by atoms with E-state index >= 15 is 0 Å². The largest absolute Gasteiger partial charge is 0.466 e. The van der Waals surface area contributed by atoms with Crippen molar-refractivity contribution in [2.75, 3.05) is 7.11 Å². The Hall–Kier alpha value is -1.46. The van der Waals surface area contributed by atoms with Crippen LogP contribution in [0.15, 0.2) is 23.8 Å². The Morgan fingerprint density at radius 1 is 1.38 bits per heavy atom. The van der Waals surface area contributed by atoms with Crippen LogP contribution in [0.3, 0.4) is 0 Å². The van der Waals surface area contributed by atoms with Crippen molar-refractivity contribution < 1.29 is 24.2 Å². The molecule has 0 unspecified atom stereocenters. The second-order valence-electron chi connectivity index (χ2n) is 8.21. The normalized spacial score (nSPS) is 36.3. The van der Waals surface area contributed by atoms with Crippen molar-refractivity contribution in [3.05, 3.63) is 23.8 Å². The Morgan fingerprint density at radius 3 is 2.73 bits per heavy atom. The molecular formula is C21H32O5. The fourth-order valence-corrected chi connectivity index (χ4v) is 3.70. The van der Waals surface area contributed by atoms with Gasteiger partial charge in [0.2, 0.25) is 0 Å². The molecule has 0 radical (unpaired) electrons. The molecule has 1 fully saturated rings. The molecule has 0 bridgehead atoms. The molecule has 0 aromatic heterocycles. The van der Waals surface area contributed by atoms with Crippen molar-refractivity contribution in [3.63, 3.8) is 0 Å². The fraction of sp³-hybridized carbons (Fsp3) is 0.714. The first-order chi connectivity index (χ1) is 12.1. The molecule has 1 heterocycles. The third-order valence-electron chi connectivity index (χ3n) is 5.93. The molecule has 0 amide bonds. The number of fused-ring (bicyclic) bond motifs is 1. The number of carbonyl (C=O) groups is 2. The molecule has 4 atom stereocenters. The number of methoxy groups -OCH3 is 1. The molecule has 0 aromatic rings. The van der Waals surface area contributed by atoms with Gasteiger partial charge in [0.15, 0.2) is 5.78 Å². The first kappa shape index (κ1) is 20.8. The summed E-state index contributed by atoms with van der Waals surface area (Å²) in [5.74, 6) is -0.805. The molecule has 0 spiro atoms. The first-order valence-corrected chi connectivity index (χ1v) is 9.45. The Balaban J connectivity index is 2.19. The zero-order valence-electron chi connectivity index (χ0n) is 16.5. The maximum absolute atomic E-state index is 12.4. The Bertz CT molecular complexity index is 604. The van der Waals surface area contributed by atoms with Gasteiger partial charge in [-0.05, 0) is 65.2 Å². The van der Waals surface area contributed by atoms with Crippen molar-refractivity contribution in [2.24, 2.45) is 5.92 Å². The summed E-state index contributed by atoms with van der Waals surface area (Å²) in [4.78, 5) is 24.4. The van der Waals surface area contributed by atoms with Crippen LogP contribution >= 0.6 is 0 Å². The van der Waals surface area contributed by atoms with Crippen molar-refractivity contribution in [2.45, 2.75) is 83.0 Å². The molecule has 1 aliphatic heterocycles.